The predicted molar refractivity (Wildman–Crippen MR) is 102 cm³/mol. The number of sulfonamides is 1. The Balaban J connectivity index is 2.83. The molecular formula is C13H11Cl2F6N5O2S2. The van der Waals surface area contributed by atoms with Gasteiger partial charge in [-0.1, -0.05) is 42.6 Å². The summed E-state index contributed by atoms with van der Waals surface area (Å²) < 4.78 is 103. The summed E-state index contributed by atoms with van der Waals surface area (Å²) in [6.45, 7) is -1.93. The van der Waals surface area contributed by atoms with Crippen molar-refractivity contribution >= 4 is 55.0 Å². The molecule has 30 heavy (non-hydrogen) atoms. The second kappa shape index (κ2) is 6.74. The number of benzene rings is 1. The Morgan fingerprint density at radius 2 is 1.73 bits per heavy atom. The van der Waals surface area contributed by atoms with Gasteiger partial charge >= 0.3 is 10.2 Å². The minimum absolute atomic E-state index is 0.104. The molecule has 0 spiro atoms. The van der Waals surface area contributed by atoms with Crippen LogP contribution in [0.15, 0.2) is 17.0 Å². The summed E-state index contributed by atoms with van der Waals surface area (Å²) in [5.74, 6) is -0.658. The molecule has 0 aliphatic heterocycles. The second-order valence-electron chi connectivity index (χ2n) is 5.83. The fourth-order valence-electron chi connectivity index (χ4n) is 2.40. The highest BCUT2D eigenvalue weighted by Crippen LogP contribution is 3.02. The van der Waals surface area contributed by atoms with Crippen molar-refractivity contribution in [2.75, 3.05) is 29.5 Å². The number of rotatable bonds is 6. The van der Waals surface area contributed by atoms with E-state index in [0.29, 0.717) is 15.2 Å². The van der Waals surface area contributed by atoms with E-state index in [-0.39, 0.29) is 12.1 Å². The Kier molecular flexibility index (Phi) is 5.45. The molecule has 168 valence electrons. The minimum atomic E-state index is -10.1. The highest BCUT2D eigenvalue weighted by Gasteiger charge is 2.65. The smallest absolute Gasteiger partial charge is 0.310 e. The molecule has 1 aromatic heterocycles. The van der Waals surface area contributed by atoms with E-state index < -0.39 is 71.3 Å². The van der Waals surface area contributed by atoms with Crippen molar-refractivity contribution in [2.45, 2.75) is 4.90 Å². The fourth-order valence-corrected chi connectivity index (χ4v) is 4.77. The molecule has 1 heterocycles. The highest BCUT2D eigenvalue weighted by molar-refractivity contribution is 8.45. The zero-order chi connectivity index (χ0) is 23.3. The van der Waals surface area contributed by atoms with Gasteiger partial charge < -0.3 is 5.73 Å². The SMILES string of the molecule is CS(=O)(=O)N(CCF)c1c(C#N)nn(-c2c(Cl)cc(S(F)(F)(F)(F)F)cc2Cl)c1N. The van der Waals surface area contributed by atoms with Crippen LogP contribution in [0.25, 0.3) is 5.69 Å². The maximum Gasteiger partial charge on any atom is 0.310 e. The third kappa shape index (κ3) is 4.66. The average Bonchev–Trinajstić information content (AvgIpc) is 2.85. The maximum atomic E-state index is 13.0. The molecule has 2 N–H and O–H groups in total. The van der Waals surface area contributed by atoms with Crippen molar-refractivity contribution in [1.29, 1.82) is 5.26 Å². The first-order valence-electron chi connectivity index (χ1n) is 7.37. The summed E-state index contributed by atoms with van der Waals surface area (Å²) in [5, 5.41) is 10.9. The number of nitrogen functional groups attached to an aromatic ring is 1. The van der Waals surface area contributed by atoms with E-state index in [9.17, 15) is 37.5 Å². The van der Waals surface area contributed by atoms with Crippen molar-refractivity contribution < 1.29 is 32.2 Å². The Labute approximate surface area is 176 Å². The monoisotopic (exact) mass is 517 g/mol. The van der Waals surface area contributed by atoms with Crippen LogP contribution in [0.4, 0.5) is 35.3 Å². The Morgan fingerprint density at radius 3 is 2.10 bits per heavy atom. The van der Waals surface area contributed by atoms with Crippen LogP contribution in [-0.4, -0.2) is 37.7 Å². The number of nitrogens with zero attached hydrogens (tertiary/aromatic N) is 4. The molecule has 0 aliphatic carbocycles. The van der Waals surface area contributed by atoms with Crippen molar-refractivity contribution in [2.24, 2.45) is 0 Å². The van der Waals surface area contributed by atoms with Crippen molar-refractivity contribution in [3.05, 3.63) is 27.9 Å². The molecule has 0 amide bonds. The second-order valence-corrected chi connectivity index (χ2v) is 11.0. The Morgan fingerprint density at radius 1 is 1.23 bits per heavy atom. The van der Waals surface area contributed by atoms with E-state index in [1.807, 2.05) is 0 Å². The molecule has 0 fully saturated rings. The average molecular weight is 518 g/mol. The number of hydrogen-bond acceptors (Lipinski definition) is 5. The molecule has 17 heteroatoms. The Hall–Kier alpha value is -2.02. The van der Waals surface area contributed by atoms with E-state index in [4.69, 9.17) is 28.9 Å². The number of nitrogens with two attached hydrogens (primary N) is 1. The van der Waals surface area contributed by atoms with Gasteiger partial charge in [-0.3, -0.25) is 4.31 Å². The standard InChI is InChI=1S/C13H11Cl2F6N5O2S2/c1-29(27,28)25(3-2-16)12-10(6-22)24-26(13(12)23)11-8(14)4-7(5-9(11)15)30(17,18,19,20)21/h4-5H,2-3,23H2,1H3. The van der Waals surface area contributed by atoms with Crippen LogP contribution in [0, 0.1) is 11.3 Å². The lowest BCUT2D eigenvalue weighted by atomic mass is 10.3. The number of hydrogen-bond donors (Lipinski definition) is 1. The molecule has 2 aromatic rings. The first-order valence-corrected chi connectivity index (χ1v) is 11.9. The third-order valence-electron chi connectivity index (χ3n) is 3.59. The largest absolute Gasteiger partial charge is 0.382 e. The molecule has 0 saturated carbocycles. The van der Waals surface area contributed by atoms with Gasteiger partial charge in [0.2, 0.25) is 10.0 Å². The first-order chi connectivity index (χ1) is 13.3. The quantitative estimate of drug-likeness (QED) is 0.541. The van der Waals surface area contributed by atoms with E-state index in [2.05, 4.69) is 5.10 Å². The van der Waals surface area contributed by atoms with Gasteiger partial charge in [0.25, 0.3) is 0 Å². The van der Waals surface area contributed by atoms with Gasteiger partial charge in [-0.05, 0) is 12.1 Å². The first kappa shape index (κ1) is 24.3. The molecule has 0 radical (unpaired) electrons. The number of aromatic nitrogens is 2. The summed E-state index contributed by atoms with van der Waals surface area (Å²) in [6, 6.07) is 1.30. The van der Waals surface area contributed by atoms with E-state index in [1.165, 1.54) is 6.07 Å². The lowest BCUT2D eigenvalue weighted by Gasteiger charge is -2.40. The molecule has 7 nitrogen and oxygen atoms in total. The summed E-state index contributed by atoms with van der Waals surface area (Å²) >= 11 is 11.4. The van der Waals surface area contributed by atoms with E-state index in [0.717, 1.165) is 0 Å². The van der Waals surface area contributed by atoms with Gasteiger partial charge in [-0.15, -0.1) is 0 Å². The zero-order valence-electron chi connectivity index (χ0n) is 14.6. The summed E-state index contributed by atoms with van der Waals surface area (Å²) in [7, 11) is -14.3. The van der Waals surface area contributed by atoms with Gasteiger partial charge in [0.15, 0.2) is 11.5 Å². The number of anilines is 2. The number of nitriles is 1. The number of halogens is 8. The topological polar surface area (TPSA) is 105 Å². The molecular weight excluding hydrogens is 507 g/mol. The van der Waals surface area contributed by atoms with Crippen molar-refractivity contribution in [3.63, 3.8) is 0 Å². The van der Waals surface area contributed by atoms with Crippen LogP contribution in [0.5, 0.6) is 0 Å². The fraction of sp³-hybridized carbons (Fsp3) is 0.231. The molecule has 1 aromatic carbocycles. The lowest BCUT2D eigenvalue weighted by molar-refractivity contribution is 0.364. The van der Waals surface area contributed by atoms with E-state index >= 15 is 0 Å². The van der Waals surface area contributed by atoms with Crippen LogP contribution >= 0.6 is 33.4 Å². The van der Waals surface area contributed by atoms with Gasteiger partial charge in [0.05, 0.1) is 22.8 Å². The Bertz CT molecular complexity index is 1160. The molecule has 0 aliphatic rings. The summed E-state index contributed by atoms with van der Waals surface area (Å²) in [6.07, 6.45) is 0.685. The van der Waals surface area contributed by atoms with Crippen molar-refractivity contribution in [3.8, 4) is 11.8 Å². The summed E-state index contributed by atoms with van der Waals surface area (Å²) in [4.78, 5) is -2.38. The molecule has 0 atom stereocenters. The van der Waals surface area contributed by atoms with Crippen LogP contribution in [0.2, 0.25) is 10.0 Å². The molecule has 0 bridgehead atoms. The van der Waals surface area contributed by atoms with Crippen LogP contribution in [0.3, 0.4) is 0 Å². The van der Waals surface area contributed by atoms with Crippen LogP contribution in [-0.2, 0) is 10.0 Å². The summed E-state index contributed by atoms with van der Waals surface area (Å²) in [5.41, 5.74) is 3.93. The van der Waals surface area contributed by atoms with Gasteiger partial charge in [0.1, 0.15) is 29.0 Å². The van der Waals surface area contributed by atoms with Crippen LogP contribution in [0.1, 0.15) is 5.69 Å². The van der Waals surface area contributed by atoms with Gasteiger partial charge in [0, 0.05) is 0 Å². The third-order valence-corrected chi connectivity index (χ3v) is 6.45. The van der Waals surface area contributed by atoms with Gasteiger partial charge in [-0.25, -0.2) is 17.5 Å². The van der Waals surface area contributed by atoms with Crippen molar-refractivity contribution in [1.82, 2.24) is 9.78 Å². The maximum absolute atomic E-state index is 13.0. The predicted octanol–water partition coefficient (Wildman–Crippen LogP) is 5.03. The van der Waals surface area contributed by atoms with Gasteiger partial charge in [-0.2, -0.15) is 10.4 Å². The normalized spacial score (nSPS) is 14.7. The molecule has 0 saturated heterocycles. The highest BCUT2D eigenvalue weighted by atomic mass is 35.5. The lowest BCUT2D eigenvalue weighted by Crippen LogP contribution is -2.32. The molecule has 0 unspecified atom stereocenters. The molecule has 2 rings (SSSR count). The minimum Gasteiger partial charge on any atom is -0.382 e. The van der Waals surface area contributed by atoms with E-state index in [1.54, 1.807) is 0 Å². The number of alkyl halides is 1. The zero-order valence-corrected chi connectivity index (χ0v) is 17.7. The van der Waals surface area contributed by atoms with Crippen LogP contribution < -0.4 is 10.0 Å².